The summed E-state index contributed by atoms with van der Waals surface area (Å²) in [6, 6.07) is 12.3. The normalized spacial score (nSPS) is 16.4. The third-order valence-electron chi connectivity index (χ3n) is 3.76. The fraction of sp³-hybridized carbons (Fsp3) is 0.333. The molecule has 2 unspecified atom stereocenters. The molecule has 0 saturated heterocycles. The molecule has 10 heteroatoms. The summed E-state index contributed by atoms with van der Waals surface area (Å²) in [5, 5.41) is 9.98. The van der Waals surface area contributed by atoms with Crippen LogP contribution in [0.15, 0.2) is 58.3 Å². The van der Waals surface area contributed by atoms with E-state index in [-0.39, 0.29) is 9.79 Å². The number of aryl methyl sites for hydroxylation is 2. The van der Waals surface area contributed by atoms with Gasteiger partial charge in [0.25, 0.3) is 0 Å². The molecule has 0 amide bonds. The Labute approximate surface area is 165 Å². The number of aliphatic hydroxyl groups is 1. The summed E-state index contributed by atoms with van der Waals surface area (Å²) < 4.78 is 73.5. The Morgan fingerprint density at radius 3 is 1.39 bits per heavy atom. The van der Waals surface area contributed by atoms with Crippen molar-refractivity contribution in [2.45, 2.75) is 35.4 Å². The molecule has 5 nitrogen and oxygen atoms in total. The van der Waals surface area contributed by atoms with Gasteiger partial charge in [-0.25, -0.2) is 8.42 Å². The minimum atomic E-state index is -5.15. The van der Waals surface area contributed by atoms with E-state index >= 15 is 0 Å². The second-order valence-corrected chi connectivity index (χ2v) is 8.50. The van der Waals surface area contributed by atoms with E-state index in [1.165, 1.54) is 24.3 Å². The molecule has 0 aliphatic rings. The third kappa shape index (κ3) is 5.95. The average Bonchev–Trinajstić information content (AvgIpc) is 2.64. The lowest BCUT2D eigenvalue weighted by Gasteiger charge is -2.29. The first-order valence-electron chi connectivity index (χ1n) is 8.04. The first kappa shape index (κ1) is 22.7. The van der Waals surface area contributed by atoms with Gasteiger partial charge in [0.1, 0.15) is 13.2 Å². The Morgan fingerprint density at radius 2 is 1.11 bits per heavy atom. The molecule has 0 aromatic heterocycles. The zero-order valence-electron chi connectivity index (χ0n) is 15.1. The summed E-state index contributed by atoms with van der Waals surface area (Å²) >= 11 is -4.43. The average molecular weight is 436 g/mol. The molecular formula is C18H19F3O5S2. The Morgan fingerprint density at radius 1 is 0.786 bits per heavy atom. The van der Waals surface area contributed by atoms with Crippen LogP contribution in [0.3, 0.4) is 0 Å². The molecule has 2 rings (SSSR count). The van der Waals surface area contributed by atoms with Gasteiger partial charge < -0.3 is 5.11 Å². The van der Waals surface area contributed by atoms with Crippen LogP contribution in [0.1, 0.15) is 11.1 Å². The van der Waals surface area contributed by atoms with Crippen molar-refractivity contribution >= 4 is 22.2 Å². The van der Waals surface area contributed by atoms with E-state index in [1.54, 1.807) is 38.1 Å². The van der Waals surface area contributed by atoms with Crippen LogP contribution < -0.4 is 0 Å². The number of benzene rings is 2. The van der Waals surface area contributed by atoms with E-state index in [0.29, 0.717) is 0 Å². The number of hydrogen-bond donors (Lipinski definition) is 1. The van der Waals surface area contributed by atoms with Crippen molar-refractivity contribution in [1.29, 1.82) is 0 Å². The van der Waals surface area contributed by atoms with Crippen LogP contribution in [0.25, 0.3) is 0 Å². The lowest BCUT2D eigenvalue weighted by atomic mass is 10.1. The molecule has 2 atom stereocenters. The molecule has 0 aliphatic heterocycles. The van der Waals surface area contributed by atoms with Gasteiger partial charge in [0, 0.05) is 0 Å². The van der Waals surface area contributed by atoms with E-state index in [2.05, 4.69) is 0 Å². The highest BCUT2D eigenvalue weighted by atomic mass is 32.2. The highest BCUT2D eigenvalue weighted by Crippen LogP contribution is 2.32. The predicted molar refractivity (Wildman–Crippen MR) is 98.1 cm³/mol. The van der Waals surface area contributed by atoms with E-state index in [1.807, 2.05) is 0 Å². The molecule has 0 radical (unpaired) electrons. The van der Waals surface area contributed by atoms with E-state index in [9.17, 15) is 26.7 Å². The van der Waals surface area contributed by atoms with Crippen LogP contribution in [-0.2, 0) is 30.5 Å². The Kier molecular flexibility index (Phi) is 7.52. The first-order valence-corrected chi connectivity index (χ1v) is 10.2. The molecule has 1 N–H and O–H groups in total. The van der Waals surface area contributed by atoms with Gasteiger partial charge in [-0.3, -0.25) is 8.37 Å². The van der Waals surface area contributed by atoms with Gasteiger partial charge in [0.05, 0.1) is 9.79 Å². The summed E-state index contributed by atoms with van der Waals surface area (Å²) in [5.74, 6) is 0. The summed E-state index contributed by atoms with van der Waals surface area (Å²) in [6.07, 6.45) is -5.15. The van der Waals surface area contributed by atoms with Crippen LogP contribution in [0.5, 0.6) is 0 Å². The highest BCUT2D eigenvalue weighted by Gasteiger charge is 2.55. The fourth-order valence-corrected chi connectivity index (χ4v) is 3.53. The van der Waals surface area contributed by atoms with Crippen molar-refractivity contribution in [2.75, 3.05) is 13.2 Å². The summed E-state index contributed by atoms with van der Waals surface area (Å²) in [7, 11) is 0. The highest BCUT2D eigenvalue weighted by molar-refractivity contribution is 7.80. The maximum atomic E-state index is 13.3. The van der Waals surface area contributed by atoms with Crippen LogP contribution in [0.4, 0.5) is 13.2 Å². The zero-order chi connectivity index (χ0) is 20.9. The summed E-state index contributed by atoms with van der Waals surface area (Å²) in [5.41, 5.74) is -1.73. The molecule has 0 bridgehead atoms. The standard InChI is InChI=1S/C18H19F3O5S2/c1-13-3-7-15(8-4-13)27(23)25-11-17(22,18(19,20)21)12-26-28(24)16-9-5-14(2)6-10-16/h3-10,22H,11-12H2,1-2H3. The molecule has 28 heavy (non-hydrogen) atoms. The topological polar surface area (TPSA) is 72.8 Å². The zero-order valence-corrected chi connectivity index (χ0v) is 16.7. The molecule has 0 aliphatic carbocycles. The SMILES string of the molecule is Cc1ccc(S(=O)OCC(O)(COS(=O)c2ccc(C)cc2)C(F)(F)F)cc1. The molecule has 0 spiro atoms. The summed E-state index contributed by atoms with van der Waals surface area (Å²) in [6.45, 7) is 0.896. The first-order chi connectivity index (χ1) is 13.0. The number of hydrogen-bond acceptors (Lipinski definition) is 5. The van der Waals surface area contributed by atoms with Crippen LogP contribution in [-0.4, -0.2) is 38.5 Å². The molecule has 2 aromatic rings. The fourth-order valence-electron chi connectivity index (χ4n) is 1.94. The van der Waals surface area contributed by atoms with Gasteiger partial charge in [-0.1, -0.05) is 35.4 Å². The minimum absolute atomic E-state index is 0.152. The van der Waals surface area contributed by atoms with Gasteiger partial charge >= 0.3 is 6.18 Å². The number of alkyl halides is 3. The Balaban J connectivity index is 2.04. The van der Waals surface area contributed by atoms with E-state index in [4.69, 9.17) is 8.37 Å². The van der Waals surface area contributed by atoms with Gasteiger partial charge in [-0.05, 0) is 38.1 Å². The molecule has 154 valence electrons. The number of rotatable bonds is 8. The van der Waals surface area contributed by atoms with Gasteiger partial charge in [0.2, 0.25) is 5.60 Å². The lowest BCUT2D eigenvalue weighted by Crippen LogP contribution is -2.53. The van der Waals surface area contributed by atoms with Crippen molar-refractivity contribution in [1.82, 2.24) is 0 Å². The van der Waals surface area contributed by atoms with Crippen molar-refractivity contribution in [3.05, 3.63) is 59.7 Å². The second kappa shape index (κ2) is 9.27. The van der Waals surface area contributed by atoms with Crippen molar-refractivity contribution in [3.8, 4) is 0 Å². The monoisotopic (exact) mass is 436 g/mol. The molecule has 2 aromatic carbocycles. The van der Waals surface area contributed by atoms with Gasteiger partial charge in [0.15, 0.2) is 22.2 Å². The largest absolute Gasteiger partial charge is 0.421 e. The van der Waals surface area contributed by atoms with Gasteiger partial charge in [-0.2, -0.15) is 13.2 Å². The molecule has 0 heterocycles. The van der Waals surface area contributed by atoms with Crippen LogP contribution in [0.2, 0.25) is 0 Å². The van der Waals surface area contributed by atoms with Crippen molar-refractivity contribution in [2.24, 2.45) is 0 Å². The van der Waals surface area contributed by atoms with Gasteiger partial charge in [-0.15, -0.1) is 0 Å². The maximum Gasteiger partial charge on any atom is 0.421 e. The maximum absolute atomic E-state index is 13.3. The summed E-state index contributed by atoms with van der Waals surface area (Å²) in [4.78, 5) is 0.304. The minimum Gasteiger partial charge on any atom is -0.377 e. The Hall–Kier alpha value is -1.59. The second-order valence-electron chi connectivity index (χ2n) is 6.15. The van der Waals surface area contributed by atoms with Crippen molar-refractivity contribution < 1.29 is 35.1 Å². The number of halogens is 3. The van der Waals surface area contributed by atoms with E-state index in [0.717, 1.165) is 11.1 Å². The molecule has 0 saturated carbocycles. The van der Waals surface area contributed by atoms with Crippen LogP contribution >= 0.6 is 0 Å². The van der Waals surface area contributed by atoms with Crippen molar-refractivity contribution in [3.63, 3.8) is 0 Å². The third-order valence-corrected chi connectivity index (χ3v) is 5.74. The quantitative estimate of drug-likeness (QED) is 0.687. The molecule has 0 fully saturated rings. The van der Waals surface area contributed by atoms with Crippen LogP contribution in [0, 0.1) is 13.8 Å². The lowest BCUT2D eigenvalue weighted by molar-refractivity contribution is -0.275. The predicted octanol–water partition coefficient (Wildman–Crippen LogP) is 3.38. The molecular weight excluding hydrogens is 417 g/mol. The van der Waals surface area contributed by atoms with E-state index < -0.39 is 47.2 Å². The Bertz CT molecular complexity index is 774. The smallest absolute Gasteiger partial charge is 0.377 e.